The van der Waals surface area contributed by atoms with Crippen LogP contribution in [0, 0.1) is 0 Å². The second-order valence-electron chi connectivity index (χ2n) is 4.13. The van der Waals surface area contributed by atoms with Gasteiger partial charge in [0.2, 0.25) is 0 Å². The second kappa shape index (κ2) is 6.04. The van der Waals surface area contributed by atoms with E-state index in [2.05, 4.69) is 40.3 Å². The number of hydrogen-bond acceptors (Lipinski definition) is 4. The Labute approximate surface area is 131 Å². The molecule has 0 unspecified atom stereocenters. The van der Waals surface area contributed by atoms with Crippen LogP contribution < -0.4 is 0 Å². The highest BCUT2D eigenvalue weighted by Crippen LogP contribution is 2.30. The standard InChI is InChI=1S/C15H11ClN2S2/c1-19-15-17-13(16)9-14(18-15)20-12-7-6-10-4-2-3-5-11(10)8-12/h2-9H,1H3. The van der Waals surface area contributed by atoms with E-state index in [1.165, 1.54) is 22.5 Å². The lowest BCUT2D eigenvalue weighted by molar-refractivity contribution is 0.894. The molecular weight excluding hydrogens is 308 g/mol. The van der Waals surface area contributed by atoms with Gasteiger partial charge in [-0.2, -0.15) is 0 Å². The maximum atomic E-state index is 6.01. The van der Waals surface area contributed by atoms with Gasteiger partial charge in [-0.1, -0.05) is 65.5 Å². The first-order valence-electron chi connectivity index (χ1n) is 6.00. The average molecular weight is 319 g/mol. The Hall–Kier alpha value is -1.23. The molecule has 0 bridgehead atoms. The predicted molar refractivity (Wildman–Crippen MR) is 86.9 cm³/mol. The lowest BCUT2D eigenvalue weighted by Gasteiger charge is -2.05. The van der Waals surface area contributed by atoms with Crippen LogP contribution in [0.1, 0.15) is 0 Å². The van der Waals surface area contributed by atoms with Crippen molar-refractivity contribution in [1.82, 2.24) is 9.97 Å². The molecule has 0 aliphatic rings. The van der Waals surface area contributed by atoms with Crippen LogP contribution in [0.2, 0.25) is 5.15 Å². The summed E-state index contributed by atoms with van der Waals surface area (Å²) in [5.41, 5.74) is 0. The highest BCUT2D eigenvalue weighted by Gasteiger charge is 2.05. The van der Waals surface area contributed by atoms with Crippen molar-refractivity contribution in [3.8, 4) is 0 Å². The average Bonchev–Trinajstić information content (AvgIpc) is 2.46. The maximum absolute atomic E-state index is 6.01. The van der Waals surface area contributed by atoms with Gasteiger partial charge in [0.1, 0.15) is 10.2 Å². The first kappa shape index (κ1) is 13.7. The van der Waals surface area contributed by atoms with E-state index in [9.17, 15) is 0 Å². The van der Waals surface area contributed by atoms with Gasteiger partial charge in [0.05, 0.1) is 0 Å². The van der Waals surface area contributed by atoms with Gasteiger partial charge in [0.15, 0.2) is 5.16 Å². The number of hydrogen-bond donors (Lipinski definition) is 0. The zero-order valence-electron chi connectivity index (χ0n) is 10.7. The Morgan fingerprint density at radius 1 is 0.950 bits per heavy atom. The number of halogens is 1. The Bertz CT molecular complexity index is 762. The lowest BCUT2D eigenvalue weighted by atomic mass is 10.1. The molecule has 0 N–H and O–H groups in total. The summed E-state index contributed by atoms with van der Waals surface area (Å²) < 4.78 is 0. The second-order valence-corrected chi connectivity index (χ2v) is 6.38. The molecule has 1 aromatic heterocycles. The molecule has 100 valence electrons. The molecular formula is C15H11ClN2S2. The van der Waals surface area contributed by atoms with Crippen LogP contribution in [-0.4, -0.2) is 16.2 Å². The number of fused-ring (bicyclic) bond motifs is 1. The van der Waals surface area contributed by atoms with E-state index in [1.807, 2.05) is 18.4 Å². The zero-order valence-corrected chi connectivity index (χ0v) is 13.1. The van der Waals surface area contributed by atoms with E-state index in [0.717, 1.165) is 9.92 Å². The Balaban J connectivity index is 1.94. The molecule has 2 aromatic carbocycles. The fourth-order valence-electron chi connectivity index (χ4n) is 1.87. The summed E-state index contributed by atoms with van der Waals surface area (Å²) in [5.74, 6) is 0. The molecule has 1 heterocycles. The van der Waals surface area contributed by atoms with Crippen LogP contribution >= 0.6 is 35.1 Å². The molecule has 0 saturated carbocycles. The number of aromatic nitrogens is 2. The minimum absolute atomic E-state index is 0.479. The SMILES string of the molecule is CSc1nc(Cl)cc(Sc2ccc3ccccc3c2)n1. The molecule has 0 atom stereocenters. The summed E-state index contributed by atoms with van der Waals surface area (Å²) in [5, 5.41) is 4.50. The van der Waals surface area contributed by atoms with Gasteiger partial charge in [-0.3, -0.25) is 0 Å². The van der Waals surface area contributed by atoms with E-state index in [1.54, 1.807) is 17.8 Å². The van der Waals surface area contributed by atoms with Gasteiger partial charge in [-0.25, -0.2) is 9.97 Å². The third kappa shape index (κ3) is 3.08. The number of benzene rings is 2. The highest BCUT2D eigenvalue weighted by atomic mass is 35.5. The van der Waals surface area contributed by atoms with Gasteiger partial charge in [0, 0.05) is 11.0 Å². The maximum Gasteiger partial charge on any atom is 0.189 e. The highest BCUT2D eigenvalue weighted by molar-refractivity contribution is 7.99. The van der Waals surface area contributed by atoms with Crippen LogP contribution in [-0.2, 0) is 0 Å². The minimum atomic E-state index is 0.479. The molecule has 0 aliphatic heterocycles. The van der Waals surface area contributed by atoms with Crippen molar-refractivity contribution in [3.05, 3.63) is 53.7 Å². The quantitative estimate of drug-likeness (QED) is 0.378. The normalized spacial score (nSPS) is 10.9. The van der Waals surface area contributed by atoms with Crippen molar-refractivity contribution in [2.45, 2.75) is 15.1 Å². The van der Waals surface area contributed by atoms with Gasteiger partial charge < -0.3 is 0 Å². The van der Waals surface area contributed by atoms with Crippen LogP contribution in [0.4, 0.5) is 0 Å². The summed E-state index contributed by atoms with van der Waals surface area (Å²) in [6.07, 6.45) is 1.94. The zero-order chi connectivity index (χ0) is 13.9. The molecule has 20 heavy (non-hydrogen) atoms. The van der Waals surface area contributed by atoms with Gasteiger partial charge in [0.25, 0.3) is 0 Å². The van der Waals surface area contributed by atoms with Gasteiger partial charge in [-0.15, -0.1) is 0 Å². The topological polar surface area (TPSA) is 25.8 Å². The van der Waals surface area contributed by atoms with Crippen LogP contribution in [0.3, 0.4) is 0 Å². The first-order chi connectivity index (χ1) is 9.74. The van der Waals surface area contributed by atoms with Crippen molar-refractivity contribution < 1.29 is 0 Å². The molecule has 0 aliphatic carbocycles. The summed E-state index contributed by atoms with van der Waals surface area (Å²) >= 11 is 9.10. The Morgan fingerprint density at radius 3 is 2.55 bits per heavy atom. The molecule has 0 radical (unpaired) electrons. The number of thioether (sulfide) groups is 1. The van der Waals surface area contributed by atoms with Crippen molar-refractivity contribution in [1.29, 1.82) is 0 Å². The van der Waals surface area contributed by atoms with E-state index in [-0.39, 0.29) is 0 Å². The van der Waals surface area contributed by atoms with Crippen LogP contribution in [0.15, 0.2) is 63.6 Å². The lowest BCUT2D eigenvalue weighted by Crippen LogP contribution is -1.88. The van der Waals surface area contributed by atoms with E-state index >= 15 is 0 Å². The van der Waals surface area contributed by atoms with Crippen molar-refractivity contribution in [2.24, 2.45) is 0 Å². The minimum Gasteiger partial charge on any atom is -0.216 e. The fraction of sp³-hybridized carbons (Fsp3) is 0.0667. The van der Waals surface area contributed by atoms with Crippen molar-refractivity contribution in [3.63, 3.8) is 0 Å². The summed E-state index contributed by atoms with van der Waals surface area (Å²) in [6.45, 7) is 0. The van der Waals surface area contributed by atoms with E-state index in [0.29, 0.717) is 10.3 Å². The number of nitrogens with zero attached hydrogens (tertiary/aromatic N) is 2. The fourth-order valence-corrected chi connectivity index (χ4v) is 3.47. The first-order valence-corrected chi connectivity index (χ1v) is 8.42. The monoisotopic (exact) mass is 318 g/mol. The largest absolute Gasteiger partial charge is 0.216 e. The summed E-state index contributed by atoms with van der Waals surface area (Å²) in [4.78, 5) is 9.75. The van der Waals surface area contributed by atoms with Crippen LogP contribution in [0.25, 0.3) is 10.8 Å². The van der Waals surface area contributed by atoms with Gasteiger partial charge in [-0.05, 0) is 29.2 Å². The molecule has 0 amide bonds. The molecule has 3 aromatic rings. The molecule has 3 rings (SSSR count). The molecule has 2 nitrogen and oxygen atoms in total. The molecule has 0 spiro atoms. The van der Waals surface area contributed by atoms with Crippen molar-refractivity contribution >= 4 is 45.9 Å². The van der Waals surface area contributed by atoms with Crippen molar-refractivity contribution in [2.75, 3.05) is 6.26 Å². The van der Waals surface area contributed by atoms with Crippen LogP contribution in [0.5, 0.6) is 0 Å². The summed E-state index contributed by atoms with van der Waals surface area (Å²) in [6, 6.07) is 16.5. The number of rotatable bonds is 3. The molecule has 5 heteroatoms. The summed E-state index contributed by atoms with van der Waals surface area (Å²) in [7, 11) is 0. The third-order valence-corrected chi connectivity index (χ3v) is 4.43. The molecule has 0 fully saturated rings. The predicted octanol–water partition coefficient (Wildman–Crippen LogP) is 5.16. The smallest absolute Gasteiger partial charge is 0.189 e. The van der Waals surface area contributed by atoms with Gasteiger partial charge >= 0.3 is 0 Å². The van der Waals surface area contributed by atoms with E-state index in [4.69, 9.17) is 11.6 Å². The van der Waals surface area contributed by atoms with E-state index < -0.39 is 0 Å². The third-order valence-electron chi connectivity index (χ3n) is 2.78. The Morgan fingerprint density at radius 2 is 1.75 bits per heavy atom. The Kier molecular flexibility index (Phi) is 4.15. The molecule has 0 saturated heterocycles.